The molecule has 0 aliphatic carbocycles. The number of fused-ring (bicyclic) bond motifs is 1. The molecule has 0 unspecified atom stereocenters. The molecule has 0 spiro atoms. The second-order valence-corrected chi connectivity index (χ2v) is 6.02. The van der Waals surface area contributed by atoms with E-state index in [1.54, 1.807) is 12.1 Å². The zero-order valence-corrected chi connectivity index (χ0v) is 13.0. The molecule has 22 heavy (non-hydrogen) atoms. The summed E-state index contributed by atoms with van der Waals surface area (Å²) in [6.07, 6.45) is 0. The number of ether oxygens (including phenoxy) is 1. The SMILES string of the molecule is Cc1cc2oc(=O)cc(COC(=O)c3cccs3)c2cc1C. The highest BCUT2D eigenvalue weighted by Gasteiger charge is 2.12. The molecule has 0 N–H and O–H groups in total. The maximum atomic E-state index is 11.9. The van der Waals surface area contributed by atoms with Gasteiger partial charge in [-0.1, -0.05) is 6.07 Å². The Kier molecular flexibility index (Phi) is 3.81. The highest BCUT2D eigenvalue weighted by Crippen LogP contribution is 2.22. The second-order valence-electron chi connectivity index (χ2n) is 5.08. The van der Waals surface area contributed by atoms with Crippen LogP contribution < -0.4 is 5.63 Å². The third kappa shape index (κ3) is 2.80. The zero-order valence-electron chi connectivity index (χ0n) is 12.2. The molecule has 0 saturated heterocycles. The minimum absolute atomic E-state index is 0.0430. The Hall–Kier alpha value is -2.40. The van der Waals surface area contributed by atoms with Gasteiger partial charge in [-0.3, -0.25) is 0 Å². The Morgan fingerprint density at radius 3 is 2.73 bits per heavy atom. The molecule has 4 nitrogen and oxygen atoms in total. The van der Waals surface area contributed by atoms with Crippen LogP contribution in [0.3, 0.4) is 0 Å². The normalized spacial score (nSPS) is 10.8. The summed E-state index contributed by atoms with van der Waals surface area (Å²) >= 11 is 1.32. The molecular weight excluding hydrogens is 300 g/mol. The third-order valence-corrected chi connectivity index (χ3v) is 4.38. The van der Waals surface area contributed by atoms with Crippen LogP contribution >= 0.6 is 11.3 Å². The van der Waals surface area contributed by atoms with Gasteiger partial charge < -0.3 is 9.15 Å². The lowest BCUT2D eigenvalue weighted by Crippen LogP contribution is -2.07. The van der Waals surface area contributed by atoms with Crippen LogP contribution in [-0.2, 0) is 11.3 Å². The van der Waals surface area contributed by atoms with Gasteiger partial charge in [0.1, 0.15) is 17.1 Å². The molecule has 0 fully saturated rings. The highest BCUT2D eigenvalue weighted by atomic mass is 32.1. The number of thiophene rings is 1. The standard InChI is InChI=1S/C17H14O4S/c1-10-6-13-12(8-16(18)21-14(13)7-11(10)2)9-20-17(19)15-4-3-5-22-15/h3-8H,9H2,1-2H3. The summed E-state index contributed by atoms with van der Waals surface area (Å²) in [6.45, 7) is 3.99. The molecule has 3 rings (SSSR count). The van der Waals surface area contributed by atoms with E-state index in [9.17, 15) is 9.59 Å². The summed E-state index contributed by atoms with van der Waals surface area (Å²) in [6, 6.07) is 8.65. The molecule has 112 valence electrons. The first-order valence-electron chi connectivity index (χ1n) is 6.79. The topological polar surface area (TPSA) is 56.5 Å². The van der Waals surface area contributed by atoms with Crippen molar-refractivity contribution in [1.29, 1.82) is 0 Å². The van der Waals surface area contributed by atoms with Gasteiger partial charge in [0.25, 0.3) is 0 Å². The van der Waals surface area contributed by atoms with E-state index in [0.717, 1.165) is 16.5 Å². The quantitative estimate of drug-likeness (QED) is 0.544. The van der Waals surface area contributed by atoms with E-state index in [0.29, 0.717) is 16.0 Å². The number of carbonyl (C=O) groups excluding carboxylic acids is 1. The third-order valence-electron chi connectivity index (χ3n) is 3.53. The van der Waals surface area contributed by atoms with Gasteiger partial charge in [0.15, 0.2) is 0 Å². The first-order chi connectivity index (χ1) is 10.5. The summed E-state index contributed by atoms with van der Waals surface area (Å²) in [5.41, 5.74) is 2.85. The van der Waals surface area contributed by atoms with Gasteiger partial charge in [-0.05, 0) is 48.6 Å². The number of benzene rings is 1. The van der Waals surface area contributed by atoms with Crippen LogP contribution in [0.1, 0.15) is 26.4 Å². The maximum absolute atomic E-state index is 11.9. The molecule has 2 aromatic heterocycles. The molecule has 0 bridgehead atoms. The largest absolute Gasteiger partial charge is 0.457 e. The van der Waals surface area contributed by atoms with Crippen molar-refractivity contribution < 1.29 is 13.9 Å². The minimum atomic E-state index is -0.446. The Morgan fingerprint density at radius 2 is 2.00 bits per heavy atom. The van der Waals surface area contributed by atoms with Crippen molar-refractivity contribution in [1.82, 2.24) is 0 Å². The number of hydrogen-bond acceptors (Lipinski definition) is 5. The van der Waals surface area contributed by atoms with E-state index < -0.39 is 5.63 Å². The van der Waals surface area contributed by atoms with Gasteiger partial charge in [-0.15, -0.1) is 11.3 Å². The summed E-state index contributed by atoms with van der Waals surface area (Å²) < 4.78 is 10.5. The van der Waals surface area contributed by atoms with Crippen molar-refractivity contribution in [2.24, 2.45) is 0 Å². The molecule has 0 saturated carbocycles. The summed E-state index contributed by atoms with van der Waals surface area (Å²) in [5.74, 6) is -0.389. The zero-order chi connectivity index (χ0) is 15.7. The van der Waals surface area contributed by atoms with Crippen LogP contribution in [0.15, 0.2) is 44.9 Å². The van der Waals surface area contributed by atoms with E-state index in [-0.39, 0.29) is 12.6 Å². The molecule has 1 aromatic carbocycles. The second kappa shape index (κ2) is 5.77. The number of hydrogen-bond donors (Lipinski definition) is 0. The Labute approximate surface area is 131 Å². The Balaban J connectivity index is 1.94. The van der Waals surface area contributed by atoms with Crippen molar-refractivity contribution in [3.63, 3.8) is 0 Å². The van der Waals surface area contributed by atoms with E-state index >= 15 is 0 Å². The van der Waals surface area contributed by atoms with Crippen LogP contribution in [0.4, 0.5) is 0 Å². The minimum Gasteiger partial charge on any atom is -0.457 e. The average molecular weight is 314 g/mol. The van der Waals surface area contributed by atoms with E-state index in [2.05, 4.69) is 0 Å². The molecule has 0 aliphatic rings. The average Bonchev–Trinajstić information content (AvgIpc) is 3.00. The molecule has 0 aliphatic heterocycles. The van der Waals surface area contributed by atoms with Crippen molar-refractivity contribution in [3.8, 4) is 0 Å². The molecule has 0 atom stereocenters. The van der Waals surface area contributed by atoms with Crippen LogP contribution in [-0.4, -0.2) is 5.97 Å². The maximum Gasteiger partial charge on any atom is 0.348 e. The van der Waals surface area contributed by atoms with Gasteiger partial charge in [-0.2, -0.15) is 0 Å². The molecule has 0 amide bonds. The molecule has 5 heteroatoms. The van der Waals surface area contributed by atoms with Crippen molar-refractivity contribution in [2.45, 2.75) is 20.5 Å². The Bertz CT molecular complexity index is 891. The van der Waals surface area contributed by atoms with Gasteiger partial charge >= 0.3 is 11.6 Å². The van der Waals surface area contributed by atoms with Crippen LogP contribution in [0.25, 0.3) is 11.0 Å². The first kappa shape index (κ1) is 14.5. The number of esters is 1. The van der Waals surface area contributed by atoms with Gasteiger partial charge in [-0.25, -0.2) is 9.59 Å². The molecule has 3 aromatic rings. The Morgan fingerprint density at radius 1 is 1.23 bits per heavy atom. The lowest BCUT2D eigenvalue weighted by atomic mass is 10.0. The smallest absolute Gasteiger partial charge is 0.348 e. The van der Waals surface area contributed by atoms with Crippen molar-refractivity contribution in [3.05, 3.63) is 67.7 Å². The fourth-order valence-electron chi connectivity index (χ4n) is 2.21. The lowest BCUT2D eigenvalue weighted by molar-refractivity contribution is 0.0479. The number of aryl methyl sites for hydroxylation is 2. The number of carbonyl (C=O) groups is 1. The van der Waals surface area contributed by atoms with Crippen LogP contribution in [0.5, 0.6) is 0 Å². The molecule has 2 heterocycles. The van der Waals surface area contributed by atoms with E-state index in [4.69, 9.17) is 9.15 Å². The number of rotatable bonds is 3. The van der Waals surface area contributed by atoms with Crippen molar-refractivity contribution in [2.75, 3.05) is 0 Å². The summed E-state index contributed by atoms with van der Waals surface area (Å²) in [5, 5.41) is 2.61. The molecular formula is C17H14O4S. The summed E-state index contributed by atoms with van der Waals surface area (Å²) in [7, 11) is 0. The van der Waals surface area contributed by atoms with Crippen LogP contribution in [0.2, 0.25) is 0 Å². The fraction of sp³-hybridized carbons (Fsp3) is 0.176. The van der Waals surface area contributed by atoms with Gasteiger partial charge in [0.2, 0.25) is 0 Å². The fourth-order valence-corrected chi connectivity index (χ4v) is 2.83. The van der Waals surface area contributed by atoms with Crippen molar-refractivity contribution >= 4 is 28.3 Å². The molecule has 0 radical (unpaired) electrons. The van der Waals surface area contributed by atoms with E-state index in [1.165, 1.54) is 17.4 Å². The highest BCUT2D eigenvalue weighted by molar-refractivity contribution is 7.11. The summed E-state index contributed by atoms with van der Waals surface area (Å²) in [4.78, 5) is 24.1. The lowest BCUT2D eigenvalue weighted by Gasteiger charge is -2.08. The first-order valence-corrected chi connectivity index (χ1v) is 7.67. The predicted octanol–water partition coefficient (Wildman–Crippen LogP) is 3.83. The van der Waals surface area contributed by atoms with Gasteiger partial charge in [0, 0.05) is 17.0 Å². The van der Waals surface area contributed by atoms with E-state index in [1.807, 2.05) is 31.4 Å². The monoisotopic (exact) mass is 314 g/mol. The van der Waals surface area contributed by atoms with Gasteiger partial charge in [0.05, 0.1) is 0 Å². The predicted molar refractivity (Wildman–Crippen MR) is 85.4 cm³/mol. The van der Waals surface area contributed by atoms with Crippen LogP contribution in [0, 0.1) is 13.8 Å².